The largest absolute Gasteiger partial charge is 0.504 e. The van der Waals surface area contributed by atoms with Crippen LogP contribution >= 0.6 is 23.2 Å². The molecular weight excluding hydrogens is 259 g/mol. The van der Waals surface area contributed by atoms with Crippen molar-refractivity contribution in [1.82, 2.24) is 0 Å². The molecule has 0 aromatic heterocycles. The summed E-state index contributed by atoms with van der Waals surface area (Å²) in [6, 6.07) is 13.5. The van der Waals surface area contributed by atoms with Crippen LogP contribution in [0.1, 0.15) is 11.1 Å². The van der Waals surface area contributed by atoms with Gasteiger partial charge >= 0.3 is 0 Å². The zero-order chi connectivity index (χ0) is 12.5. The maximum atomic E-state index is 9.78. The van der Waals surface area contributed by atoms with E-state index in [-0.39, 0.29) is 17.1 Å². The Bertz CT molecular complexity index is 524. The van der Waals surface area contributed by atoms with Crippen molar-refractivity contribution in [3.63, 3.8) is 0 Å². The Balaban J connectivity index is 2.56. The second-order valence-electron chi connectivity index (χ2n) is 3.61. The summed E-state index contributed by atoms with van der Waals surface area (Å²) in [5, 5.41) is 19.2. The molecule has 2 aromatic rings. The molecular formula is C13H10Cl2O2. The van der Waals surface area contributed by atoms with Gasteiger partial charge in [-0.1, -0.05) is 65.7 Å². The summed E-state index contributed by atoms with van der Waals surface area (Å²) >= 11 is 12.5. The van der Waals surface area contributed by atoms with E-state index in [1.54, 1.807) is 36.4 Å². The van der Waals surface area contributed by atoms with Gasteiger partial charge in [0.2, 0.25) is 0 Å². The molecule has 0 radical (unpaired) electrons. The Morgan fingerprint density at radius 2 is 1.47 bits per heavy atom. The molecule has 2 rings (SSSR count). The standard InChI is InChI=1S/C13H10Cl2O2/c14-13(15,9-5-2-1-3-6-9)10-7-4-8-11(16)12(10)17/h1-8,16-17H. The average molecular weight is 269 g/mol. The van der Waals surface area contributed by atoms with Crippen molar-refractivity contribution in [3.8, 4) is 11.5 Å². The number of aromatic hydroxyl groups is 2. The van der Waals surface area contributed by atoms with Gasteiger partial charge in [0, 0.05) is 5.56 Å². The Morgan fingerprint density at radius 3 is 2.12 bits per heavy atom. The van der Waals surface area contributed by atoms with Crippen LogP contribution in [-0.2, 0) is 4.33 Å². The van der Waals surface area contributed by atoms with Gasteiger partial charge in [0.05, 0.1) is 0 Å². The Labute approximate surface area is 109 Å². The highest BCUT2D eigenvalue weighted by Gasteiger charge is 2.32. The highest BCUT2D eigenvalue weighted by Crippen LogP contribution is 2.46. The summed E-state index contributed by atoms with van der Waals surface area (Å²) < 4.78 is -1.40. The molecule has 0 atom stereocenters. The van der Waals surface area contributed by atoms with Crippen molar-refractivity contribution < 1.29 is 10.2 Å². The van der Waals surface area contributed by atoms with E-state index in [2.05, 4.69) is 0 Å². The van der Waals surface area contributed by atoms with Crippen molar-refractivity contribution in [2.24, 2.45) is 0 Å². The topological polar surface area (TPSA) is 40.5 Å². The predicted molar refractivity (Wildman–Crippen MR) is 68.7 cm³/mol. The lowest BCUT2D eigenvalue weighted by molar-refractivity contribution is 0.399. The molecule has 0 fully saturated rings. The zero-order valence-electron chi connectivity index (χ0n) is 8.77. The van der Waals surface area contributed by atoms with Crippen LogP contribution in [0.4, 0.5) is 0 Å². The zero-order valence-corrected chi connectivity index (χ0v) is 10.3. The first kappa shape index (κ1) is 12.1. The lowest BCUT2D eigenvalue weighted by atomic mass is 10.0. The first-order chi connectivity index (χ1) is 8.03. The van der Waals surface area contributed by atoms with Gasteiger partial charge in [-0.3, -0.25) is 0 Å². The second kappa shape index (κ2) is 4.47. The lowest BCUT2D eigenvalue weighted by Gasteiger charge is -2.21. The third-order valence-corrected chi connectivity index (χ3v) is 3.33. The number of para-hydroxylation sites is 1. The van der Waals surface area contributed by atoms with Crippen LogP contribution in [0.3, 0.4) is 0 Å². The minimum atomic E-state index is -1.40. The summed E-state index contributed by atoms with van der Waals surface area (Å²) in [6.07, 6.45) is 0. The number of hydrogen-bond donors (Lipinski definition) is 2. The van der Waals surface area contributed by atoms with E-state index in [1.807, 2.05) is 6.07 Å². The van der Waals surface area contributed by atoms with Crippen molar-refractivity contribution >= 4 is 23.2 Å². The number of halogens is 2. The summed E-state index contributed by atoms with van der Waals surface area (Å²) in [7, 11) is 0. The normalized spacial score (nSPS) is 11.4. The van der Waals surface area contributed by atoms with Gasteiger partial charge in [0.1, 0.15) is 0 Å². The number of phenolic OH excluding ortho intramolecular Hbond substituents is 2. The highest BCUT2D eigenvalue weighted by molar-refractivity contribution is 6.50. The molecule has 2 aromatic carbocycles. The van der Waals surface area contributed by atoms with Crippen LogP contribution in [0.2, 0.25) is 0 Å². The van der Waals surface area contributed by atoms with Gasteiger partial charge in [-0.2, -0.15) is 0 Å². The third-order valence-electron chi connectivity index (χ3n) is 2.49. The van der Waals surface area contributed by atoms with Crippen molar-refractivity contribution in [1.29, 1.82) is 0 Å². The van der Waals surface area contributed by atoms with Gasteiger partial charge in [-0.05, 0) is 11.6 Å². The summed E-state index contributed by atoms with van der Waals surface area (Å²) in [5.74, 6) is -0.551. The molecule has 0 bridgehead atoms. The number of benzene rings is 2. The van der Waals surface area contributed by atoms with E-state index in [9.17, 15) is 10.2 Å². The van der Waals surface area contributed by atoms with Crippen molar-refractivity contribution in [2.45, 2.75) is 4.33 Å². The molecule has 4 heteroatoms. The number of rotatable bonds is 2. The molecule has 0 saturated heterocycles. The molecule has 2 N–H and O–H groups in total. The molecule has 0 heterocycles. The van der Waals surface area contributed by atoms with E-state index in [0.717, 1.165) is 0 Å². The molecule has 88 valence electrons. The monoisotopic (exact) mass is 268 g/mol. The molecule has 0 amide bonds. The molecule has 2 nitrogen and oxygen atoms in total. The van der Waals surface area contributed by atoms with Crippen molar-refractivity contribution in [2.75, 3.05) is 0 Å². The molecule has 0 aliphatic rings. The van der Waals surface area contributed by atoms with Gasteiger partial charge in [0.25, 0.3) is 0 Å². The summed E-state index contributed by atoms with van der Waals surface area (Å²) in [5.41, 5.74) is 0.885. The first-order valence-corrected chi connectivity index (χ1v) is 5.74. The summed E-state index contributed by atoms with van der Waals surface area (Å²) in [4.78, 5) is 0. The SMILES string of the molecule is Oc1cccc(C(Cl)(Cl)c2ccccc2)c1O. The van der Waals surface area contributed by atoms with Crippen LogP contribution < -0.4 is 0 Å². The van der Waals surface area contributed by atoms with E-state index >= 15 is 0 Å². The molecule has 0 spiro atoms. The first-order valence-electron chi connectivity index (χ1n) is 4.98. The Morgan fingerprint density at radius 1 is 0.824 bits per heavy atom. The number of alkyl halides is 2. The minimum absolute atomic E-state index is 0.246. The van der Waals surface area contributed by atoms with E-state index in [0.29, 0.717) is 5.56 Å². The third kappa shape index (κ3) is 2.19. The summed E-state index contributed by atoms with van der Waals surface area (Å²) in [6.45, 7) is 0. The fourth-order valence-electron chi connectivity index (χ4n) is 1.59. The number of hydrogen-bond acceptors (Lipinski definition) is 2. The smallest absolute Gasteiger partial charge is 0.171 e. The van der Waals surface area contributed by atoms with Crippen LogP contribution in [-0.4, -0.2) is 10.2 Å². The molecule has 0 unspecified atom stereocenters. The van der Waals surface area contributed by atoms with E-state index < -0.39 is 4.33 Å². The van der Waals surface area contributed by atoms with E-state index in [4.69, 9.17) is 23.2 Å². The van der Waals surface area contributed by atoms with Gasteiger partial charge < -0.3 is 10.2 Å². The lowest BCUT2D eigenvalue weighted by Crippen LogP contribution is -2.12. The van der Waals surface area contributed by atoms with Crippen LogP contribution in [0.15, 0.2) is 48.5 Å². The van der Waals surface area contributed by atoms with E-state index in [1.165, 1.54) is 6.07 Å². The molecule has 17 heavy (non-hydrogen) atoms. The van der Waals surface area contributed by atoms with Crippen LogP contribution in [0.5, 0.6) is 11.5 Å². The maximum absolute atomic E-state index is 9.78. The van der Waals surface area contributed by atoms with Gasteiger partial charge in [0.15, 0.2) is 15.8 Å². The van der Waals surface area contributed by atoms with Crippen LogP contribution in [0, 0.1) is 0 Å². The maximum Gasteiger partial charge on any atom is 0.171 e. The molecule has 0 aliphatic heterocycles. The quantitative estimate of drug-likeness (QED) is 0.643. The molecule has 0 saturated carbocycles. The Kier molecular flexibility index (Phi) is 3.18. The average Bonchev–Trinajstić information content (AvgIpc) is 2.33. The van der Waals surface area contributed by atoms with Gasteiger partial charge in [-0.15, -0.1) is 0 Å². The Hall–Kier alpha value is -1.38. The second-order valence-corrected chi connectivity index (χ2v) is 4.94. The fourth-order valence-corrected chi connectivity index (χ4v) is 2.14. The predicted octanol–water partition coefficient (Wildman–Crippen LogP) is 3.78. The van der Waals surface area contributed by atoms with Crippen molar-refractivity contribution in [3.05, 3.63) is 59.7 Å². The van der Waals surface area contributed by atoms with Crippen LogP contribution in [0.25, 0.3) is 0 Å². The number of phenols is 2. The van der Waals surface area contributed by atoms with Gasteiger partial charge in [-0.25, -0.2) is 0 Å². The fraction of sp³-hybridized carbons (Fsp3) is 0.0769. The minimum Gasteiger partial charge on any atom is -0.504 e. The highest BCUT2D eigenvalue weighted by atomic mass is 35.5. The molecule has 0 aliphatic carbocycles.